The van der Waals surface area contributed by atoms with Crippen molar-refractivity contribution in [3.63, 3.8) is 0 Å². The van der Waals surface area contributed by atoms with Crippen molar-refractivity contribution in [3.05, 3.63) is 27.5 Å². The van der Waals surface area contributed by atoms with E-state index in [1.807, 2.05) is 6.20 Å². The molecule has 6 heteroatoms. The average Bonchev–Trinajstić information content (AvgIpc) is 2.96. The molecule has 2 aromatic rings. The highest BCUT2D eigenvalue weighted by Crippen LogP contribution is 2.22. The lowest BCUT2D eigenvalue weighted by Crippen LogP contribution is -2.24. The summed E-state index contributed by atoms with van der Waals surface area (Å²) in [5, 5.41) is 4.69. The van der Waals surface area contributed by atoms with Crippen molar-refractivity contribution >= 4 is 23.1 Å². The van der Waals surface area contributed by atoms with Crippen LogP contribution >= 0.6 is 23.1 Å². The maximum atomic E-state index is 4.60. The van der Waals surface area contributed by atoms with Crippen molar-refractivity contribution < 1.29 is 0 Å². The lowest BCUT2D eigenvalue weighted by atomic mass is 10.1. The molecule has 1 N–H and O–H groups in total. The predicted octanol–water partition coefficient (Wildman–Crippen LogP) is 2.89. The number of nitrogens with one attached hydrogen (secondary N) is 1. The molecule has 0 aliphatic rings. The Bertz CT molecular complexity index is 459. The van der Waals surface area contributed by atoms with E-state index in [9.17, 15) is 0 Å². The van der Waals surface area contributed by atoms with Crippen LogP contribution in [0.4, 0.5) is 0 Å². The minimum atomic E-state index is 0.230. The van der Waals surface area contributed by atoms with Crippen LogP contribution in [0.2, 0.25) is 0 Å². The van der Waals surface area contributed by atoms with E-state index >= 15 is 0 Å². The largest absolute Gasteiger partial charge is 0.308 e. The van der Waals surface area contributed by atoms with E-state index in [1.165, 1.54) is 21.6 Å². The van der Waals surface area contributed by atoms with Gasteiger partial charge in [-0.05, 0) is 26.8 Å². The first-order valence-corrected chi connectivity index (χ1v) is 7.69. The van der Waals surface area contributed by atoms with E-state index in [4.69, 9.17) is 0 Å². The molecule has 0 fully saturated rings. The van der Waals surface area contributed by atoms with E-state index in [2.05, 4.69) is 39.8 Å². The Morgan fingerprint density at radius 3 is 2.78 bits per heavy atom. The fourth-order valence-electron chi connectivity index (χ4n) is 1.73. The summed E-state index contributed by atoms with van der Waals surface area (Å²) in [7, 11) is 0. The molecule has 0 aliphatic carbocycles. The molecule has 2 aromatic heterocycles. The zero-order valence-corrected chi connectivity index (χ0v) is 12.6. The number of nitrogens with zero attached hydrogens (tertiary/aromatic N) is 3. The Morgan fingerprint density at radius 1 is 1.39 bits per heavy atom. The van der Waals surface area contributed by atoms with Gasteiger partial charge in [0, 0.05) is 11.3 Å². The quantitative estimate of drug-likeness (QED) is 0.885. The summed E-state index contributed by atoms with van der Waals surface area (Å²) in [4.78, 5) is 5.90. The third-order valence-electron chi connectivity index (χ3n) is 2.83. The third kappa shape index (κ3) is 3.34. The van der Waals surface area contributed by atoms with Gasteiger partial charge in [0.25, 0.3) is 0 Å². The first-order chi connectivity index (χ1) is 8.70. The van der Waals surface area contributed by atoms with E-state index in [0.29, 0.717) is 0 Å². The van der Waals surface area contributed by atoms with Gasteiger partial charge < -0.3 is 5.32 Å². The molecule has 0 radical (unpaired) electrons. The number of thiazole rings is 1. The monoisotopic (exact) mass is 282 g/mol. The number of hydrogen-bond donors (Lipinski definition) is 1. The van der Waals surface area contributed by atoms with Crippen LogP contribution in [0, 0.1) is 13.8 Å². The molecule has 0 amide bonds. The average molecular weight is 282 g/mol. The second kappa shape index (κ2) is 6.36. The third-order valence-corrected chi connectivity index (χ3v) is 4.42. The summed E-state index contributed by atoms with van der Waals surface area (Å²) in [5.74, 6) is 0. The Balaban J connectivity index is 2.09. The molecule has 0 aliphatic heterocycles. The summed E-state index contributed by atoms with van der Waals surface area (Å²) in [6.45, 7) is 7.34. The Kier molecular flexibility index (Phi) is 4.79. The number of aromatic nitrogens is 3. The van der Waals surface area contributed by atoms with Crippen molar-refractivity contribution in [1.82, 2.24) is 19.0 Å². The molecule has 1 atom stereocenters. The molecule has 2 heterocycles. The summed E-state index contributed by atoms with van der Waals surface area (Å²) >= 11 is 3.04. The van der Waals surface area contributed by atoms with Crippen molar-refractivity contribution in [2.75, 3.05) is 6.54 Å². The molecule has 18 heavy (non-hydrogen) atoms. The van der Waals surface area contributed by atoms with Gasteiger partial charge in [-0.1, -0.05) is 6.92 Å². The predicted molar refractivity (Wildman–Crippen MR) is 76.2 cm³/mol. The maximum absolute atomic E-state index is 4.60. The minimum Gasteiger partial charge on any atom is -0.308 e. The van der Waals surface area contributed by atoms with Gasteiger partial charge in [-0.25, -0.2) is 4.98 Å². The molecule has 0 saturated carbocycles. The second-order valence-corrected chi connectivity index (χ2v) is 6.14. The zero-order chi connectivity index (χ0) is 13.0. The fourth-order valence-corrected chi connectivity index (χ4v) is 3.18. The number of hydrogen-bond acceptors (Lipinski definition) is 6. The molecule has 0 bridgehead atoms. The van der Waals surface area contributed by atoms with Crippen LogP contribution in [0.3, 0.4) is 0 Å². The molecule has 0 spiro atoms. The van der Waals surface area contributed by atoms with E-state index in [0.717, 1.165) is 30.8 Å². The van der Waals surface area contributed by atoms with Gasteiger partial charge in [0.2, 0.25) is 0 Å². The molecular weight excluding hydrogens is 264 g/mol. The molecule has 4 nitrogen and oxygen atoms in total. The Hall–Kier alpha value is -0.850. The van der Waals surface area contributed by atoms with Gasteiger partial charge in [-0.15, -0.1) is 11.3 Å². The lowest BCUT2D eigenvalue weighted by molar-refractivity contribution is 0.520. The zero-order valence-electron chi connectivity index (χ0n) is 10.9. The van der Waals surface area contributed by atoms with Crippen molar-refractivity contribution in [2.24, 2.45) is 0 Å². The van der Waals surface area contributed by atoms with Crippen LogP contribution < -0.4 is 5.32 Å². The van der Waals surface area contributed by atoms with Crippen molar-refractivity contribution in [3.8, 4) is 0 Å². The highest BCUT2D eigenvalue weighted by Gasteiger charge is 2.16. The van der Waals surface area contributed by atoms with Gasteiger partial charge >= 0.3 is 0 Å². The van der Waals surface area contributed by atoms with Gasteiger partial charge in [0.05, 0.1) is 40.4 Å². The summed E-state index contributed by atoms with van der Waals surface area (Å²) in [6.07, 6.45) is 3.86. The molecule has 0 saturated heterocycles. The normalized spacial score (nSPS) is 12.8. The summed E-state index contributed by atoms with van der Waals surface area (Å²) < 4.78 is 8.43. The van der Waals surface area contributed by atoms with Crippen LogP contribution in [0.1, 0.15) is 40.7 Å². The number of aryl methyl sites for hydroxylation is 2. The standard InChI is InChI=1S/C12H18N4S2/c1-4-5-13-10(11-7-14-18-16-11)6-12-15-8(2)9(3)17-12/h7,10,13H,4-6H2,1-3H3. The van der Waals surface area contributed by atoms with Crippen LogP contribution in [-0.2, 0) is 6.42 Å². The Labute approximate surface area is 116 Å². The fraction of sp³-hybridized carbons (Fsp3) is 0.583. The first kappa shape index (κ1) is 13.6. The SMILES string of the molecule is CCCNC(Cc1nc(C)c(C)s1)c1cnsn1. The topological polar surface area (TPSA) is 50.7 Å². The highest BCUT2D eigenvalue weighted by molar-refractivity contribution is 7.11. The molecule has 98 valence electrons. The van der Waals surface area contributed by atoms with Crippen LogP contribution in [-0.4, -0.2) is 20.3 Å². The summed E-state index contributed by atoms with van der Waals surface area (Å²) in [6, 6.07) is 0.230. The van der Waals surface area contributed by atoms with Crippen LogP contribution in [0.5, 0.6) is 0 Å². The first-order valence-electron chi connectivity index (χ1n) is 6.14. The Morgan fingerprint density at radius 2 is 2.22 bits per heavy atom. The van der Waals surface area contributed by atoms with E-state index in [1.54, 1.807) is 11.3 Å². The smallest absolute Gasteiger partial charge is 0.0950 e. The van der Waals surface area contributed by atoms with Crippen LogP contribution in [0.15, 0.2) is 6.20 Å². The molecule has 2 rings (SSSR count). The molecule has 0 aromatic carbocycles. The minimum absolute atomic E-state index is 0.230. The maximum Gasteiger partial charge on any atom is 0.0950 e. The van der Waals surface area contributed by atoms with Gasteiger partial charge in [0.1, 0.15) is 0 Å². The van der Waals surface area contributed by atoms with E-state index in [-0.39, 0.29) is 6.04 Å². The van der Waals surface area contributed by atoms with Crippen LogP contribution in [0.25, 0.3) is 0 Å². The lowest BCUT2D eigenvalue weighted by Gasteiger charge is -2.14. The summed E-state index contributed by atoms with van der Waals surface area (Å²) in [5.41, 5.74) is 2.17. The van der Waals surface area contributed by atoms with Crippen molar-refractivity contribution in [2.45, 2.75) is 39.7 Å². The molecular formula is C12H18N4S2. The van der Waals surface area contributed by atoms with Gasteiger partial charge in [-0.2, -0.15) is 8.75 Å². The number of rotatable bonds is 6. The molecule has 1 unspecified atom stereocenters. The second-order valence-electron chi connectivity index (χ2n) is 4.29. The van der Waals surface area contributed by atoms with E-state index < -0.39 is 0 Å². The highest BCUT2D eigenvalue weighted by atomic mass is 32.1. The van der Waals surface area contributed by atoms with Gasteiger partial charge in [0.15, 0.2) is 0 Å². The van der Waals surface area contributed by atoms with Gasteiger partial charge in [-0.3, -0.25) is 0 Å². The van der Waals surface area contributed by atoms with Crippen molar-refractivity contribution in [1.29, 1.82) is 0 Å².